The van der Waals surface area contributed by atoms with E-state index in [1.54, 1.807) is 0 Å². The van der Waals surface area contributed by atoms with Crippen molar-refractivity contribution in [3.8, 4) is 0 Å². The zero-order chi connectivity index (χ0) is 19.9. The zero-order valence-electron chi connectivity index (χ0n) is 12.2. The molecule has 0 unspecified atom stereocenters. The lowest BCUT2D eigenvalue weighted by Crippen LogP contribution is -2.18. The fourth-order valence-corrected chi connectivity index (χ4v) is 3.51. The molecule has 2 aromatic carbocycles. The molecule has 2 aromatic rings. The molecular formula is C14H7BrF7NO2S. The van der Waals surface area contributed by atoms with Gasteiger partial charge in [0.2, 0.25) is 0 Å². The molecule has 26 heavy (non-hydrogen) atoms. The lowest BCUT2D eigenvalue weighted by molar-refractivity contribution is -0.138. The number of alkyl halides is 6. The summed E-state index contributed by atoms with van der Waals surface area (Å²) in [5.74, 6) is -1.26. The Kier molecular flexibility index (Phi) is 5.30. The molecule has 0 amide bonds. The Morgan fingerprint density at radius 2 is 1.42 bits per heavy atom. The van der Waals surface area contributed by atoms with Gasteiger partial charge in [-0.2, -0.15) is 26.3 Å². The van der Waals surface area contributed by atoms with Crippen LogP contribution in [0, 0.1) is 5.82 Å². The first-order chi connectivity index (χ1) is 11.7. The van der Waals surface area contributed by atoms with Crippen LogP contribution in [0.1, 0.15) is 11.1 Å². The van der Waals surface area contributed by atoms with E-state index in [1.807, 2.05) is 0 Å². The van der Waals surface area contributed by atoms with Crippen LogP contribution in [0.2, 0.25) is 0 Å². The van der Waals surface area contributed by atoms with E-state index in [0.717, 1.165) is 12.1 Å². The standard InChI is InChI=1S/C14H7BrF7NO2S/c15-11-3-2-8(6-9(11)13(17,18)19)26(24,25)23-12-4-1-7(16)5-10(12)14(20,21)22/h1-6,23H. The summed E-state index contributed by atoms with van der Waals surface area (Å²) in [4.78, 5) is -0.912. The minimum atomic E-state index is -5.09. The number of benzene rings is 2. The van der Waals surface area contributed by atoms with Gasteiger partial charge in [-0.3, -0.25) is 4.72 Å². The first kappa shape index (κ1) is 20.5. The van der Waals surface area contributed by atoms with Gasteiger partial charge in [-0.05, 0) is 36.4 Å². The molecule has 0 spiro atoms. The number of rotatable bonds is 3. The van der Waals surface area contributed by atoms with Gasteiger partial charge in [0.25, 0.3) is 10.0 Å². The van der Waals surface area contributed by atoms with Crippen LogP contribution in [0.4, 0.5) is 36.4 Å². The lowest BCUT2D eigenvalue weighted by Gasteiger charge is -2.16. The van der Waals surface area contributed by atoms with Crippen LogP contribution in [-0.2, 0) is 22.4 Å². The van der Waals surface area contributed by atoms with Crippen LogP contribution in [-0.4, -0.2) is 8.42 Å². The van der Waals surface area contributed by atoms with E-state index in [4.69, 9.17) is 0 Å². The number of hydrogen-bond acceptors (Lipinski definition) is 2. The van der Waals surface area contributed by atoms with Crippen molar-refractivity contribution < 1.29 is 39.2 Å². The second kappa shape index (κ2) is 6.72. The maximum Gasteiger partial charge on any atom is 0.418 e. The van der Waals surface area contributed by atoms with Crippen LogP contribution in [0.25, 0.3) is 0 Å². The van der Waals surface area contributed by atoms with E-state index < -0.39 is 54.4 Å². The Balaban J connectivity index is 2.52. The molecule has 0 heterocycles. The largest absolute Gasteiger partial charge is 0.418 e. The van der Waals surface area contributed by atoms with Crippen LogP contribution in [0.5, 0.6) is 0 Å². The van der Waals surface area contributed by atoms with Crippen LogP contribution < -0.4 is 4.72 Å². The molecule has 0 aliphatic heterocycles. The third kappa shape index (κ3) is 4.47. The van der Waals surface area contributed by atoms with E-state index >= 15 is 0 Å². The fraction of sp³-hybridized carbons (Fsp3) is 0.143. The van der Waals surface area contributed by atoms with E-state index in [1.165, 1.54) is 4.72 Å². The SMILES string of the molecule is O=S(=O)(Nc1ccc(F)cc1C(F)(F)F)c1ccc(Br)c(C(F)(F)F)c1. The summed E-state index contributed by atoms with van der Waals surface area (Å²) in [5, 5.41) is 0. The van der Waals surface area contributed by atoms with Gasteiger partial charge in [-0.15, -0.1) is 0 Å². The summed E-state index contributed by atoms with van der Waals surface area (Å²) in [5.41, 5.74) is -3.96. The summed E-state index contributed by atoms with van der Waals surface area (Å²) in [6.45, 7) is 0. The Hall–Kier alpha value is -1.82. The van der Waals surface area contributed by atoms with Crippen LogP contribution in [0.3, 0.4) is 0 Å². The van der Waals surface area contributed by atoms with E-state index in [0.29, 0.717) is 12.1 Å². The number of hydrogen-bond donors (Lipinski definition) is 1. The molecule has 0 fully saturated rings. The number of anilines is 1. The van der Waals surface area contributed by atoms with Crippen molar-refractivity contribution in [2.75, 3.05) is 4.72 Å². The second-order valence-corrected chi connectivity index (χ2v) is 7.47. The second-order valence-electron chi connectivity index (χ2n) is 4.93. The van der Waals surface area contributed by atoms with Gasteiger partial charge in [0.15, 0.2) is 0 Å². The monoisotopic (exact) mass is 465 g/mol. The predicted molar refractivity (Wildman–Crippen MR) is 81.4 cm³/mol. The van der Waals surface area contributed by atoms with E-state index in [-0.39, 0.29) is 12.1 Å². The van der Waals surface area contributed by atoms with Gasteiger partial charge in [-0.1, -0.05) is 15.9 Å². The van der Waals surface area contributed by atoms with Crippen molar-refractivity contribution in [1.82, 2.24) is 0 Å². The average Bonchev–Trinajstić information content (AvgIpc) is 2.47. The average molecular weight is 466 g/mol. The van der Waals surface area contributed by atoms with Crippen molar-refractivity contribution in [1.29, 1.82) is 0 Å². The van der Waals surface area contributed by atoms with Gasteiger partial charge in [0.05, 0.1) is 21.7 Å². The third-order valence-electron chi connectivity index (χ3n) is 3.08. The third-order valence-corrected chi connectivity index (χ3v) is 5.14. The first-order valence-electron chi connectivity index (χ1n) is 6.48. The van der Waals surface area contributed by atoms with Crippen molar-refractivity contribution in [2.24, 2.45) is 0 Å². The molecule has 0 aliphatic rings. The first-order valence-corrected chi connectivity index (χ1v) is 8.76. The van der Waals surface area contributed by atoms with Gasteiger partial charge < -0.3 is 0 Å². The number of nitrogens with one attached hydrogen (secondary N) is 1. The quantitative estimate of drug-likeness (QED) is 0.614. The number of sulfonamides is 1. The normalized spacial score (nSPS) is 12.9. The topological polar surface area (TPSA) is 46.2 Å². The highest BCUT2D eigenvalue weighted by atomic mass is 79.9. The summed E-state index contributed by atoms with van der Waals surface area (Å²) in [6.07, 6.45) is -9.98. The Morgan fingerprint density at radius 1 is 0.846 bits per heavy atom. The molecule has 1 N–H and O–H groups in total. The molecule has 0 aromatic heterocycles. The summed E-state index contributed by atoms with van der Waals surface area (Å²) in [6, 6.07) is 3.02. The molecule has 0 saturated carbocycles. The molecule has 0 radical (unpaired) electrons. The lowest BCUT2D eigenvalue weighted by atomic mass is 10.2. The Labute approximate surface area is 151 Å². The van der Waals surface area contributed by atoms with Gasteiger partial charge in [-0.25, -0.2) is 12.8 Å². The highest BCUT2D eigenvalue weighted by Gasteiger charge is 2.36. The minimum absolute atomic E-state index is 0.0700. The molecular weight excluding hydrogens is 459 g/mol. The maximum absolute atomic E-state index is 13.1. The molecule has 0 aliphatic carbocycles. The fourth-order valence-electron chi connectivity index (χ4n) is 1.93. The van der Waals surface area contributed by atoms with Gasteiger partial charge >= 0.3 is 12.4 Å². The molecule has 0 bridgehead atoms. The minimum Gasteiger partial charge on any atom is -0.279 e. The highest BCUT2D eigenvalue weighted by molar-refractivity contribution is 9.10. The van der Waals surface area contributed by atoms with Crippen molar-refractivity contribution in [3.63, 3.8) is 0 Å². The van der Waals surface area contributed by atoms with E-state index in [9.17, 15) is 39.2 Å². The van der Waals surface area contributed by atoms with Crippen molar-refractivity contribution >= 4 is 31.6 Å². The van der Waals surface area contributed by atoms with Crippen LogP contribution >= 0.6 is 15.9 Å². The highest BCUT2D eigenvalue weighted by Crippen LogP contribution is 2.38. The number of halogens is 8. The molecule has 142 valence electrons. The van der Waals surface area contributed by atoms with Crippen LogP contribution in [0.15, 0.2) is 45.8 Å². The molecule has 12 heteroatoms. The molecule has 3 nitrogen and oxygen atoms in total. The molecule has 0 atom stereocenters. The predicted octanol–water partition coefficient (Wildman–Crippen LogP) is 5.43. The van der Waals surface area contributed by atoms with Crippen molar-refractivity contribution in [3.05, 3.63) is 57.8 Å². The maximum atomic E-state index is 13.1. The summed E-state index contributed by atoms with van der Waals surface area (Å²) in [7, 11) is -4.80. The van der Waals surface area contributed by atoms with Gasteiger partial charge in [0, 0.05) is 4.47 Å². The molecule has 2 rings (SSSR count). The molecule has 0 saturated heterocycles. The zero-order valence-corrected chi connectivity index (χ0v) is 14.6. The van der Waals surface area contributed by atoms with Crippen molar-refractivity contribution in [2.45, 2.75) is 17.2 Å². The Morgan fingerprint density at radius 3 is 1.96 bits per heavy atom. The van der Waals surface area contributed by atoms with Gasteiger partial charge in [0.1, 0.15) is 5.82 Å². The smallest absolute Gasteiger partial charge is 0.279 e. The Bertz CT molecular complexity index is 939. The summed E-state index contributed by atoms with van der Waals surface area (Å²) < 4.78 is 116. The van der Waals surface area contributed by atoms with E-state index in [2.05, 4.69) is 15.9 Å². The summed E-state index contributed by atoms with van der Waals surface area (Å²) >= 11 is 2.62.